The summed E-state index contributed by atoms with van der Waals surface area (Å²) in [6.45, 7) is 5.77. The molecule has 1 heterocycles. The largest absolute Gasteiger partial charge is 0.508 e. The summed E-state index contributed by atoms with van der Waals surface area (Å²) in [6, 6.07) is 4.72. The lowest BCUT2D eigenvalue weighted by Crippen LogP contribution is -2.43. The first-order valence-electron chi connectivity index (χ1n) is 6.05. The van der Waals surface area contributed by atoms with Gasteiger partial charge in [-0.3, -0.25) is 5.43 Å². The molecule has 6 heteroatoms. The molecule has 0 saturated heterocycles. The summed E-state index contributed by atoms with van der Waals surface area (Å²) < 4.78 is 10.5. The highest BCUT2D eigenvalue weighted by Gasteiger charge is 2.25. The molecule has 1 atom stereocenters. The van der Waals surface area contributed by atoms with E-state index in [0.29, 0.717) is 12.4 Å². The van der Waals surface area contributed by atoms with Crippen LogP contribution >= 0.6 is 0 Å². The highest BCUT2D eigenvalue weighted by molar-refractivity contribution is 5.67. The van der Waals surface area contributed by atoms with E-state index in [1.54, 1.807) is 39.0 Å². The fourth-order valence-electron chi connectivity index (χ4n) is 1.77. The van der Waals surface area contributed by atoms with Crippen molar-refractivity contribution in [3.63, 3.8) is 0 Å². The van der Waals surface area contributed by atoms with Gasteiger partial charge in [-0.2, -0.15) is 0 Å². The van der Waals surface area contributed by atoms with Crippen LogP contribution in [0.15, 0.2) is 18.2 Å². The Morgan fingerprint density at radius 1 is 1.47 bits per heavy atom. The van der Waals surface area contributed by atoms with Gasteiger partial charge in [-0.1, -0.05) is 0 Å². The quantitative estimate of drug-likeness (QED) is 0.712. The summed E-state index contributed by atoms with van der Waals surface area (Å²) in [5.74, 6) is 0.767. The molecule has 0 bridgehead atoms. The Bertz CT molecular complexity index is 482. The van der Waals surface area contributed by atoms with Crippen LogP contribution in [-0.4, -0.2) is 23.4 Å². The molecule has 1 unspecified atom stereocenters. The van der Waals surface area contributed by atoms with Crippen molar-refractivity contribution >= 4 is 6.09 Å². The van der Waals surface area contributed by atoms with Crippen molar-refractivity contribution in [2.75, 3.05) is 6.61 Å². The first kappa shape index (κ1) is 13.5. The number of amides is 1. The average Bonchev–Trinajstić information content (AvgIpc) is 2.66. The monoisotopic (exact) mass is 266 g/mol. The first-order valence-corrected chi connectivity index (χ1v) is 6.05. The molecule has 1 aliphatic rings. The molecule has 0 aliphatic carbocycles. The number of benzene rings is 1. The Morgan fingerprint density at radius 2 is 2.21 bits per heavy atom. The molecule has 1 amide bonds. The summed E-state index contributed by atoms with van der Waals surface area (Å²) in [5, 5.41) is 9.34. The first-order chi connectivity index (χ1) is 8.85. The van der Waals surface area contributed by atoms with Crippen molar-refractivity contribution in [3.8, 4) is 11.5 Å². The number of nitrogens with one attached hydrogen (secondary N) is 2. The molecule has 0 spiro atoms. The number of hydrazine groups is 1. The van der Waals surface area contributed by atoms with Crippen LogP contribution < -0.4 is 15.6 Å². The van der Waals surface area contributed by atoms with Crippen molar-refractivity contribution in [3.05, 3.63) is 23.8 Å². The summed E-state index contributed by atoms with van der Waals surface area (Å²) in [5.41, 5.74) is 5.67. The third-order valence-electron chi connectivity index (χ3n) is 2.53. The zero-order chi connectivity index (χ0) is 14.0. The van der Waals surface area contributed by atoms with Gasteiger partial charge in [0, 0.05) is 11.6 Å². The van der Waals surface area contributed by atoms with Crippen LogP contribution in [0.2, 0.25) is 0 Å². The molecule has 6 nitrogen and oxygen atoms in total. The number of carbonyl (C=O) groups excluding carboxylic acids is 1. The van der Waals surface area contributed by atoms with Gasteiger partial charge in [0.1, 0.15) is 23.7 Å². The van der Waals surface area contributed by atoms with E-state index in [2.05, 4.69) is 10.9 Å². The number of rotatable bonds is 2. The molecular weight excluding hydrogens is 248 g/mol. The van der Waals surface area contributed by atoms with Gasteiger partial charge in [0.05, 0.1) is 6.04 Å². The molecule has 0 fully saturated rings. The standard InChI is InChI=1S/C13H18N2O4/c1-13(2,3)19-12(17)15-14-10-7-18-11-6-8(16)4-5-9(10)11/h4-6,10,14,16H,7H2,1-3H3,(H,15,17). The van der Waals surface area contributed by atoms with E-state index in [4.69, 9.17) is 9.47 Å². The number of carbonyl (C=O) groups is 1. The second kappa shape index (κ2) is 4.97. The summed E-state index contributed by atoms with van der Waals surface area (Å²) >= 11 is 0. The van der Waals surface area contributed by atoms with Crippen molar-refractivity contribution in [1.29, 1.82) is 0 Å². The van der Waals surface area contributed by atoms with Crippen molar-refractivity contribution in [2.45, 2.75) is 32.4 Å². The van der Waals surface area contributed by atoms with Gasteiger partial charge >= 0.3 is 6.09 Å². The van der Waals surface area contributed by atoms with E-state index in [9.17, 15) is 9.90 Å². The predicted octanol–water partition coefficient (Wildman–Crippen LogP) is 1.85. The Labute approximate surface area is 111 Å². The normalized spacial score (nSPS) is 17.5. The second-order valence-corrected chi connectivity index (χ2v) is 5.36. The Kier molecular flexibility index (Phi) is 3.53. The van der Waals surface area contributed by atoms with Crippen molar-refractivity contribution in [2.24, 2.45) is 0 Å². The summed E-state index contributed by atoms with van der Waals surface area (Å²) in [6.07, 6.45) is -0.542. The third-order valence-corrected chi connectivity index (χ3v) is 2.53. The number of hydrogen-bond acceptors (Lipinski definition) is 5. The molecule has 19 heavy (non-hydrogen) atoms. The fourth-order valence-corrected chi connectivity index (χ4v) is 1.77. The highest BCUT2D eigenvalue weighted by Crippen LogP contribution is 2.34. The van der Waals surface area contributed by atoms with Crippen molar-refractivity contribution in [1.82, 2.24) is 10.9 Å². The van der Waals surface area contributed by atoms with E-state index in [1.807, 2.05) is 0 Å². The number of phenols is 1. The average molecular weight is 266 g/mol. The lowest BCUT2D eigenvalue weighted by molar-refractivity contribution is 0.0485. The Morgan fingerprint density at radius 3 is 2.89 bits per heavy atom. The zero-order valence-corrected chi connectivity index (χ0v) is 11.2. The Hall–Kier alpha value is -1.95. The minimum atomic E-state index is -0.542. The third kappa shape index (κ3) is 3.51. The van der Waals surface area contributed by atoms with Crippen LogP contribution in [0.4, 0.5) is 4.79 Å². The molecule has 0 aromatic heterocycles. The van der Waals surface area contributed by atoms with Crippen molar-refractivity contribution < 1.29 is 19.4 Å². The molecule has 0 saturated carbocycles. The predicted molar refractivity (Wildman–Crippen MR) is 68.8 cm³/mol. The van der Waals surface area contributed by atoms with Gasteiger partial charge in [-0.15, -0.1) is 0 Å². The second-order valence-electron chi connectivity index (χ2n) is 5.36. The topological polar surface area (TPSA) is 79.8 Å². The lowest BCUT2D eigenvalue weighted by Gasteiger charge is -2.21. The van der Waals surface area contributed by atoms with Gasteiger partial charge in [0.15, 0.2) is 0 Å². The SMILES string of the molecule is CC(C)(C)OC(=O)NNC1COc2cc(O)ccc21. The van der Waals surface area contributed by atoms with Gasteiger partial charge in [-0.25, -0.2) is 10.2 Å². The molecule has 1 aromatic carbocycles. The summed E-state index contributed by atoms with van der Waals surface area (Å²) in [7, 11) is 0. The maximum Gasteiger partial charge on any atom is 0.422 e. The van der Waals surface area contributed by atoms with E-state index in [1.165, 1.54) is 0 Å². The number of phenolic OH excluding ortho intramolecular Hbond substituents is 1. The van der Waals surface area contributed by atoms with Crippen LogP contribution in [-0.2, 0) is 4.74 Å². The maximum absolute atomic E-state index is 11.5. The van der Waals surface area contributed by atoms with E-state index >= 15 is 0 Å². The molecule has 2 rings (SSSR count). The van der Waals surface area contributed by atoms with Crippen LogP contribution in [0, 0.1) is 0 Å². The molecule has 3 N–H and O–H groups in total. The summed E-state index contributed by atoms with van der Waals surface area (Å²) in [4.78, 5) is 11.5. The molecule has 0 radical (unpaired) electrons. The van der Waals surface area contributed by atoms with Crippen LogP contribution in [0.1, 0.15) is 32.4 Å². The van der Waals surface area contributed by atoms with Gasteiger partial charge in [0.25, 0.3) is 0 Å². The molecular formula is C13H18N2O4. The highest BCUT2D eigenvalue weighted by atomic mass is 16.6. The zero-order valence-electron chi connectivity index (χ0n) is 11.2. The maximum atomic E-state index is 11.5. The van der Waals surface area contributed by atoms with Crippen LogP contribution in [0.5, 0.6) is 11.5 Å². The Balaban J connectivity index is 1.91. The van der Waals surface area contributed by atoms with Gasteiger partial charge in [0.2, 0.25) is 0 Å². The molecule has 104 valence electrons. The van der Waals surface area contributed by atoms with Crippen LogP contribution in [0.25, 0.3) is 0 Å². The fraction of sp³-hybridized carbons (Fsp3) is 0.462. The van der Waals surface area contributed by atoms with E-state index in [-0.39, 0.29) is 11.8 Å². The van der Waals surface area contributed by atoms with E-state index < -0.39 is 11.7 Å². The number of aromatic hydroxyl groups is 1. The lowest BCUT2D eigenvalue weighted by atomic mass is 10.1. The van der Waals surface area contributed by atoms with Crippen LogP contribution in [0.3, 0.4) is 0 Å². The smallest absolute Gasteiger partial charge is 0.422 e. The minimum absolute atomic E-state index is 0.152. The van der Waals surface area contributed by atoms with E-state index in [0.717, 1.165) is 5.56 Å². The van der Waals surface area contributed by atoms with Gasteiger partial charge < -0.3 is 14.6 Å². The number of hydrogen-bond donors (Lipinski definition) is 3. The minimum Gasteiger partial charge on any atom is -0.508 e. The molecule has 1 aliphatic heterocycles. The number of ether oxygens (including phenoxy) is 2. The number of fused-ring (bicyclic) bond motifs is 1. The van der Waals surface area contributed by atoms with Gasteiger partial charge in [-0.05, 0) is 32.9 Å². The molecule has 1 aromatic rings.